The number of ketones is 1. The minimum Gasteiger partial charge on any atom is -0.355 e. The summed E-state index contributed by atoms with van der Waals surface area (Å²) in [6.07, 6.45) is 4.36. The van der Waals surface area contributed by atoms with E-state index in [9.17, 15) is 4.79 Å². The number of carbonyl (C=O) groups excluding carboxylic acids is 1. The van der Waals surface area contributed by atoms with Crippen LogP contribution in [0.2, 0.25) is 0 Å². The van der Waals surface area contributed by atoms with Crippen LogP contribution in [0.15, 0.2) is 66.9 Å². The number of nitrogens with zero attached hydrogens (tertiary/aromatic N) is 5. The largest absolute Gasteiger partial charge is 0.355 e. The van der Waals surface area contributed by atoms with Gasteiger partial charge in [0.1, 0.15) is 5.69 Å². The number of hydrogen-bond acceptors (Lipinski definition) is 5. The van der Waals surface area contributed by atoms with Crippen LogP contribution in [0.1, 0.15) is 29.6 Å². The molecule has 31 heavy (non-hydrogen) atoms. The second kappa shape index (κ2) is 8.30. The second-order valence-electron chi connectivity index (χ2n) is 8.18. The first kappa shape index (κ1) is 19.4. The fraction of sp³-hybridized carbons (Fsp3) is 0.280. The molecule has 0 radical (unpaired) electrons. The van der Waals surface area contributed by atoms with E-state index >= 15 is 0 Å². The van der Waals surface area contributed by atoms with E-state index in [1.54, 1.807) is 6.20 Å². The Labute approximate surface area is 181 Å². The van der Waals surface area contributed by atoms with Crippen LogP contribution in [0.25, 0.3) is 22.2 Å². The Morgan fingerprint density at radius 2 is 1.65 bits per heavy atom. The number of Topliss-reactive ketones (excluding diaryl/α,β-unsaturated/α-hetero) is 1. The normalized spacial score (nSPS) is 14.8. The number of benzene rings is 2. The van der Waals surface area contributed by atoms with Gasteiger partial charge in [-0.2, -0.15) is 5.10 Å². The third-order valence-electron chi connectivity index (χ3n) is 6.22. The predicted octanol–water partition coefficient (Wildman–Crippen LogP) is 4.52. The molecule has 2 aromatic carbocycles. The maximum Gasteiger partial charge on any atom is 0.163 e. The number of rotatable bonds is 5. The average Bonchev–Trinajstić information content (AvgIpc) is 3.25. The summed E-state index contributed by atoms with van der Waals surface area (Å²) in [6, 6.07) is 19.9. The first-order chi connectivity index (χ1) is 15.2. The molecule has 4 aromatic rings. The van der Waals surface area contributed by atoms with Crippen molar-refractivity contribution in [3.63, 3.8) is 0 Å². The summed E-state index contributed by atoms with van der Waals surface area (Å²) in [6.45, 7) is 1.77. The van der Waals surface area contributed by atoms with Crippen molar-refractivity contribution in [2.75, 3.05) is 18.0 Å². The van der Waals surface area contributed by atoms with Gasteiger partial charge in [0.2, 0.25) is 0 Å². The maximum atomic E-state index is 12.6. The molecular formula is C25H25N5O. The molecule has 0 saturated carbocycles. The standard InChI is InChI=1S/C25H25N5O/c1-29-22(11-14-26-29)24-20-9-5-6-10-21(20)25(28-27-24)30-15-12-18(13-16-30)17-23(31)19-7-3-2-4-8-19/h2-11,14,18H,12-13,15-17H2,1H3. The minimum atomic E-state index is 0.241. The summed E-state index contributed by atoms with van der Waals surface area (Å²) >= 11 is 0. The van der Waals surface area contributed by atoms with Crippen molar-refractivity contribution in [2.24, 2.45) is 13.0 Å². The molecule has 0 N–H and O–H groups in total. The quantitative estimate of drug-likeness (QED) is 0.452. The van der Waals surface area contributed by atoms with Crippen LogP contribution < -0.4 is 4.90 Å². The highest BCUT2D eigenvalue weighted by molar-refractivity contribution is 6.00. The van der Waals surface area contributed by atoms with Gasteiger partial charge >= 0.3 is 0 Å². The van der Waals surface area contributed by atoms with Gasteiger partial charge in [-0.3, -0.25) is 9.48 Å². The number of aryl methyl sites for hydroxylation is 1. The zero-order valence-corrected chi connectivity index (χ0v) is 17.6. The van der Waals surface area contributed by atoms with E-state index in [2.05, 4.69) is 32.3 Å². The Morgan fingerprint density at radius 3 is 2.35 bits per heavy atom. The van der Waals surface area contributed by atoms with Crippen molar-refractivity contribution in [3.05, 3.63) is 72.4 Å². The fourth-order valence-electron chi connectivity index (χ4n) is 4.47. The number of anilines is 1. The lowest BCUT2D eigenvalue weighted by Crippen LogP contribution is -2.35. The van der Waals surface area contributed by atoms with Crippen LogP contribution in [-0.2, 0) is 7.05 Å². The molecule has 0 bridgehead atoms. The molecule has 1 aliphatic rings. The van der Waals surface area contributed by atoms with E-state index in [0.29, 0.717) is 12.3 Å². The lowest BCUT2D eigenvalue weighted by Gasteiger charge is -2.33. The zero-order chi connectivity index (χ0) is 21.2. The van der Waals surface area contributed by atoms with Gasteiger partial charge in [0.15, 0.2) is 11.6 Å². The summed E-state index contributed by atoms with van der Waals surface area (Å²) < 4.78 is 1.82. The van der Waals surface area contributed by atoms with Gasteiger partial charge in [-0.25, -0.2) is 0 Å². The van der Waals surface area contributed by atoms with Gasteiger partial charge in [0, 0.05) is 49.1 Å². The molecule has 0 spiro atoms. The van der Waals surface area contributed by atoms with Crippen LogP contribution in [0.4, 0.5) is 5.82 Å². The van der Waals surface area contributed by atoms with Crippen molar-refractivity contribution in [3.8, 4) is 11.4 Å². The monoisotopic (exact) mass is 411 g/mol. The lowest BCUT2D eigenvalue weighted by molar-refractivity contribution is 0.0954. The van der Waals surface area contributed by atoms with Crippen LogP contribution in [0.3, 0.4) is 0 Å². The molecule has 1 fully saturated rings. The highest BCUT2D eigenvalue weighted by Gasteiger charge is 2.25. The number of fused-ring (bicyclic) bond motifs is 1. The molecular weight excluding hydrogens is 386 g/mol. The molecule has 1 saturated heterocycles. The molecule has 6 nitrogen and oxygen atoms in total. The third-order valence-corrected chi connectivity index (χ3v) is 6.22. The van der Waals surface area contributed by atoms with Crippen molar-refractivity contribution < 1.29 is 4.79 Å². The Kier molecular flexibility index (Phi) is 5.20. The first-order valence-electron chi connectivity index (χ1n) is 10.8. The van der Waals surface area contributed by atoms with E-state index in [1.165, 1.54) is 0 Å². The van der Waals surface area contributed by atoms with Gasteiger partial charge < -0.3 is 4.90 Å². The predicted molar refractivity (Wildman–Crippen MR) is 122 cm³/mol. The highest BCUT2D eigenvalue weighted by Crippen LogP contribution is 2.33. The first-order valence-corrected chi connectivity index (χ1v) is 10.8. The average molecular weight is 412 g/mol. The molecule has 156 valence electrons. The number of aromatic nitrogens is 4. The van der Waals surface area contributed by atoms with Gasteiger partial charge in [0.05, 0.1) is 5.69 Å². The molecule has 0 amide bonds. The van der Waals surface area contributed by atoms with Crippen molar-refractivity contribution in [1.82, 2.24) is 20.0 Å². The number of hydrogen-bond donors (Lipinski definition) is 0. The number of carbonyl (C=O) groups is 1. The summed E-state index contributed by atoms with van der Waals surface area (Å²) in [7, 11) is 1.92. The van der Waals surface area contributed by atoms with Crippen LogP contribution in [0.5, 0.6) is 0 Å². The molecule has 2 aromatic heterocycles. The van der Waals surface area contributed by atoms with Crippen LogP contribution in [-0.4, -0.2) is 38.9 Å². The van der Waals surface area contributed by atoms with E-state index in [1.807, 2.05) is 60.3 Å². The molecule has 0 aliphatic carbocycles. The molecule has 5 rings (SSSR count). The summed E-state index contributed by atoms with van der Waals surface area (Å²) in [5, 5.41) is 15.7. The van der Waals surface area contributed by atoms with E-state index in [4.69, 9.17) is 0 Å². The Balaban J connectivity index is 1.35. The van der Waals surface area contributed by atoms with Crippen LogP contribution >= 0.6 is 0 Å². The molecule has 1 aliphatic heterocycles. The van der Waals surface area contributed by atoms with E-state index < -0.39 is 0 Å². The molecule has 3 heterocycles. The second-order valence-corrected chi connectivity index (χ2v) is 8.18. The zero-order valence-electron chi connectivity index (χ0n) is 17.6. The minimum absolute atomic E-state index is 0.241. The van der Waals surface area contributed by atoms with Crippen molar-refractivity contribution in [1.29, 1.82) is 0 Å². The van der Waals surface area contributed by atoms with Gasteiger partial charge in [-0.15, -0.1) is 10.2 Å². The molecule has 0 atom stereocenters. The summed E-state index contributed by atoms with van der Waals surface area (Å²) in [5.41, 5.74) is 2.61. The van der Waals surface area contributed by atoms with Gasteiger partial charge in [-0.05, 0) is 24.8 Å². The fourth-order valence-corrected chi connectivity index (χ4v) is 4.47. The van der Waals surface area contributed by atoms with Crippen molar-refractivity contribution >= 4 is 22.4 Å². The summed E-state index contributed by atoms with van der Waals surface area (Å²) in [4.78, 5) is 14.9. The summed E-state index contributed by atoms with van der Waals surface area (Å²) in [5.74, 6) is 1.58. The molecule has 6 heteroatoms. The molecule has 0 unspecified atom stereocenters. The maximum absolute atomic E-state index is 12.6. The third kappa shape index (κ3) is 3.81. The topological polar surface area (TPSA) is 63.9 Å². The highest BCUT2D eigenvalue weighted by atomic mass is 16.1. The van der Waals surface area contributed by atoms with E-state index in [-0.39, 0.29) is 5.78 Å². The van der Waals surface area contributed by atoms with E-state index in [0.717, 1.165) is 59.5 Å². The SMILES string of the molecule is Cn1nccc1-c1nnc(N2CCC(CC(=O)c3ccccc3)CC2)c2ccccc12. The van der Waals surface area contributed by atoms with Gasteiger partial charge in [0.25, 0.3) is 0 Å². The smallest absolute Gasteiger partial charge is 0.163 e. The Hall–Kier alpha value is -3.54. The van der Waals surface area contributed by atoms with Crippen LogP contribution in [0, 0.1) is 5.92 Å². The van der Waals surface area contributed by atoms with Crippen molar-refractivity contribution in [2.45, 2.75) is 19.3 Å². The Morgan fingerprint density at radius 1 is 0.935 bits per heavy atom. The van der Waals surface area contributed by atoms with Gasteiger partial charge in [-0.1, -0.05) is 54.6 Å². The lowest BCUT2D eigenvalue weighted by atomic mass is 9.89. The Bertz CT molecular complexity index is 1210. The number of piperidine rings is 1.